The first-order valence-corrected chi connectivity index (χ1v) is 8.75. The number of sulfonamides is 1. The van der Waals surface area contributed by atoms with E-state index in [1.807, 2.05) is 0 Å². The second-order valence-electron chi connectivity index (χ2n) is 5.33. The molecule has 0 radical (unpaired) electrons. The summed E-state index contributed by atoms with van der Waals surface area (Å²) >= 11 is 5.93. The molecule has 7 heteroatoms. The molecule has 0 fully saturated rings. The van der Waals surface area contributed by atoms with Gasteiger partial charge in [-0.3, -0.25) is 4.79 Å². The number of hydrogen-bond donors (Lipinski definition) is 2. The molecule has 0 aliphatic heterocycles. The third-order valence-electron chi connectivity index (χ3n) is 3.00. The number of amides is 1. The van der Waals surface area contributed by atoms with Crippen LogP contribution in [0.15, 0.2) is 23.1 Å². The van der Waals surface area contributed by atoms with Crippen LogP contribution in [0.25, 0.3) is 0 Å². The summed E-state index contributed by atoms with van der Waals surface area (Å²) in [5.41, 5.74) is 0.118. The largest absolute Gasteiger partial charge is 0.352 e. The molecule has 0 aliphatic carbocycles. The summed E-state index contributed by atoms with van der Waals surface area (Å²) < 4.78 is 22.6. The van der Waals surface area contributed by atoms with Crippen LogP contribution in [0.2, 0.25) is 5.02 Å². The van der Waals surface area contributed by atoms with Gasteiger partial charge in [-0.1, -0.05) is 38.3 Å². The molecule has 0 spiro atoms. The molecule has 118 valence electrons. The maximum atomic E-state index is 12.0. The van der Waals surface area contributed by atoms with Crippen molar-refractivity contribution in [3.63, 3.8) is 0 Å². The van der Waals surface area contributed by atoms with E-state index < -0.39 is 15.9 Å². The van der Waals surface area contributed by atoms with Crippen molar-refractivity contribution in [1.29, 1.82) is 0 Å². The van der Waals surface area contributed by atoms with E-state index in [1.54, 1.807) is 0 Å². The van der Waals surface area contributed by atoms with Crippen LogP contribution < -0.4 is 10.5 Å². The Morgan fingerprint density at radius 1 is 1.33 bits per heavy atom. The lowest BCUT2D eigenvalue weighted by atomic mass is 10.1. The molecule has 0 saturated carbocycles. The lowest BCUT2D eigenvalue weighted by molar-refractivity contribution is 0.0953. The molecule has 3 N–H and O–H groups in total. The van der Waals surface area contributed by atoms with Gasteiger partial charge in [-0.15, -0.1) is 0 Å². The van der Waals surface area contributed by atoms with Crippen molar-refractivity contribution in [3.8, 4) is 0 Å². The van der Waals surface area contributed by atoms with Gasteiger partial charge < -0.3 is 5.32 Å². The number of primary sulfonamides is 1. The zero-order valence-electron chi connectivity index (χ0n) is 12.2. The van der Waals surface area contributed by atoms with Gasteiger partial charge in [-0.2, -0.15) is 0 Å². The Morgan fingerprint density at radius 2 is 2.00 bits per heavy atom. The van der Waals surface area contributed by atoms with E-state index in [4.69, 9.17) is 16.7 Å². The van der Waals surface area contributed by atoms with Crippen LogP contribution in [0.4, 0.5) is 0 Å². The minimum atomic E-state index is -3.85. The molecule has 5 nitrogen and oxygen atoms in total. The molecule has 0 aliphatic rings. The van der Waals surface area contributed by atoms with Gasteiger partial charge in [0.2, 0.25) is 10.0 Å². The molecule has 1 aromatic rings. The summed E-state index contributed by atoms with van der Waals surface area (Å²) in [4.78, 5) is 11.9. The second-order valence-corrected chi connectivity index (χ2v) is 7.30. The number of hydrogen-bond acceptors (Lipinski definition) is 3. The molecule has 1 rings (SSSR count). The SMILES string of the molecule is CC(C)CCCCNC(=O)c1cc(S(N)(=O)=O)ccc1Cl. The average molecular weight is 333 g/mol. The average Bonchev–Trinajstić information content (AvgIpc) is 2.36. The van der Waals surface area contributed by atoms with Crippen LogP contribution in [-0.2, 0) is 10.0 Å². The molecule has 0 saturated heterocycles. The van der Waals surface area contributed by atoms with E-state index in [-0.39, 0.29) is 15.5 Å². The molecular weight excluding hydrogens is 312 g/mol. The number of rotatable bonds is 7. The number of benzene rings is 1. The summed E-state index contributed by atoms with van der Waals surface area (Å²) in [6.07, 6.45) is 3.01. The predicted octanol–water partition coefficient (Wildman–Crippen LogP) is 2.54. The van der Waals surface area contributed by atoms with Gasteiger partial charge in [0.25, 0.3) is 5.91 Å². The lowest BCUT2D eigenvalue weighted by Crippen LogP contribution is -2.25. The first kappa shape index (κ1) is 17.9. The summed E-state index contributed by atoms with van der Waals surface area (Å²) in [5.74, 6) is 0.247. The van der Waals surface area contributed by atoms with Gasteiger partial charge in [-0.25, -0.2) is 13.6 Å². The van der Waals surface area contributed by atoms with Crippen LogP contribution in [-0.4, -0.2) is 20.9 Å². The van der Waals surface area contributed by atoms with E-state index in [1.165, 1.54) is 18.2 Å². The van der Waals surface area contributed by atoms with Crippen LogP contribution in [0.5, 0.6) is 0 Å². The Morgan fingerprint density at radius 3 is 2.57 bits per heavy atom. The number of nitrogens with one attached hydrogen (secondary N) is 1. The molecule has 1 amide bonds. The summed E-state index contributed by atoms with van der Waals surface area (Å²) in [6, 6.07) is 3.83. The smallest absolute Gasteiger partial charge is 0.252 e. The topological polar surface area (TPSA) is 89.3 Å². The van der Waals surface area contributed by atoms with Gasteiger partial charge in [0.15, 0.2) is 0 Å². The van der Waals surface area contributed by atoms with Gasteiger partial charge in [0.05, 0.1) is 15.5 Å². The maximum Gasteiger partial charge on any atom is 0.252 e. The van der Waals surface area contributed by atoms with Crippen molar-refractivity contribution < 1.29 is 13.2 Å². The zero-order chi connectivity index (χ0) is 16.0. The van der Waals surface area contributed by atoms with Crippen LogP contribution in [0, 0.1) is 5.92 Å². The lowest BCUT2D eigenvalue weighted by Gasteiger charge is -2.09. The van der Waals surface area contributed by atoms with Crippen molar-refractivity contribution in [3.05, 3.63) is 28.8 Å². The van der Waals surface area contributed by atoms with Crippen molar-refractivity contribution in [1.82, 2.24) is 5.32 Å². The fraction of sp³-hybridized carbons (Fsp3) is 0.500. The van der Waals surface area contributed by atoms with Crippen molar-refractivity contribution >= 4 is 27.5 Å². The van der Waals surface area contributed by atoms with Crippen molar-refractivity contribution in [2.45, 2.75) is 38.0 Å². The molecule has 21 heavy (non-hydrogen) atoms. The maximum absolute atomic E-state index is 12.0. The van der Waals surface area contributed by atoms with Gasteiger partial charge in [0, 0.05) is 6.54 Å². The third kappa shape index (κ3) is 6.03. The van der Waals surface area contributed by atoms with Crippen LogP contribution in [0.3, 0.4) is 0 Å². The minimum Gasteiger partial charge on any atom is -0.352 e. The summed E-state index contributed by atoms with van der Waals surface area (Å²) in [5, 5.41) is 7.97. The molecule has 0 heterocycles. The summed E-state index contributed by atoms with van der Waals surface area (Å²) in [6.45, 7) is 4.83. The normalized spacial score (nSPS) is 11.7. The molecule has 0 bridgehead atoms. The molecule has 0 unspecified atom stereocenters. The highest BCUT2D eigenvalue weighted by Gasteiger charge is 2.15. The first-order valence-electron chi connectivity index (χ1n) is 6.82. The number of nitrogens with two attached hydrogens (primary N) is 1. The second kappa shape index (κ2) is 7.77. The molecule has 0 aromatic heterocycles. The standard InChI is InChI=1S/C14H21ClN2O3S/c1-10(2)5-3-4-8-17-14(18)12-9-11(21(16,19)20)6-7-13(12)15/h6-7,9-10H,3-5,8H2,1-2H3,(H,17,18)(H2,16,19,20). The Balaban J connectivity index is 2.66. The monoisotopic (exact) mass is 332 g/mol. The first-order chi connectivity index (χ1) is 9.71. The van der Waals surface area contributed by atoms with E-state index in [0.29, 0.717) is 12.5 Å². The van der Waals surface area contributed by atoms with Crippen molar-refractivity contribution in [2.24, 2.45) is 11.1 Å². The fourth-order valence-corrected chi connectivity index (χ4v) is 2.57. The van der Waals surface area contributed by atoms with Gasteiger partial charge in [-0.05, 0) is 30.5 Å². The van der Waals surface area contributed by atoms with E-state index in [9.17, 15) is 13.2 Å². The number of halogens is 1. The molecular formula is C14H21ClN2O3S. The summed E-state index contributed by atoms with van der Waals surface area (Å²) in [7, 11) is -3.85. The van der Waals surface area contributed by atoms with E-state index in [0.717, 1.165) is 19.3 Å². The highest BCUT2D eigenvalue weighted by molar-refractivity contribution is 7.89. The Hall–Kier alpha value is -1.11. The third-order valence-corrected chi connectivity index (χ3v) is 4.25. The zero-order valence-corrected chi connectivity index (χ0v) is 13.8. The van der Waals surface area contributed by atoms with E-state index in [2.05, 4.69) is 19.2 Å². The van der Waals surface area contributed by atoms with E-state index >= 15 is 0 Å². The van der Waals surface area contributed by atoms with Gasteiger partial charge in [0.1, 0.15) is 0 Å². The van der Waals surface area contributed by atoms with Crippen molar-refractivity contribution in [2.75, 3.05) is 6.54 Å². The molecule has 1 aromatic carbocycles. The Kier molecular flexibility index (Phi) is 6.64. The number of carbonyl (C=O) groups is 1. The van der Waals surface area contributed by atoms with Crippen LogP contribution >= 0.6 is 11.6 Å². The Labute approximate surface area is 130 Å². The highest BCUT2D eigenvalue weighted by atomic mass is 35.5. The fourth-order valence-electron chi connectivity index (χ4n) is 1.83. The van der Waals surface area contributed by atoms with Gasteiger partial charge >= 0.3 is 0 Å². The number of unbranched alkanes of at least 4 members (excludes halogenated alkanes) is 1. The van der Waals surface area contributed by atoms with Crippen LogP contribution in [0.1, 0.15) is 43.5 Å². The minimum absolute atomic E-state index is 0.118. The highest BCUT2D eigenvalue weighted by Crippen LogP contribution is 2.19. The number of carbonyl (C=O) groups excluding carboxylic acids is 1. The Bertz CT molecular complexity index is 600. The quantitative estimate of drug-likeness (QED) is 0.752. The predicted molar refractivity (Wildman–Crippen MR) is 83.8 cm³/mol. The molecule has 0 atom stereocenters.